The molecule has 3 nitrogen and oxygen atoms in total. The fraction of sp³-hybridized carbons (Fsp3) is 0.273. The van der Waals surface area contributed by atoms with E-state index in [2.05, 4.69) is 25.9 Å². The molecule has 0 aliphatic rings. The second kappa shape index (κ2) is 5.60. The highest BCUT2D eigenvalue weighted by atomic mass is 127. The summed E-state index contributed by atoms with van der Waals surface area (Å²) in [5, 5.41) is 0. The van der Waals surface area contributed by atoms with Crippen LogP contribution < -0.4 is 5.56 Å². The van der Waals surface area contributed by atoms with Crippen LogP contribution in [0.1, 0.15) is 25.5 Å². The van der Waals surface area contributed by atoms with E-state index in [9.17, 15) is 4.79 Å². The number of halogens is 3. The van der Waals surface area contributed by atoms with Crippen molar-refractivity contribution in [1.29, 1.82) is 0 Å². The first-order valence-electron chi connectivity index (χ1n) is 5.15. The number of hydrogen-bond acceptors (Lipinski definition) is 3. The summed E-state index contributed by atoms with van der Waals surface area (Å²) in [4.78, 5) is 20.0. The quantitative estimate of drug-likeness (QED) is 0.665. The van der Waals surface area contributed by atoms with Crippen molar-refractivity contribution >= 4 is 61.5 Å². The minimum Gasteiger partial charge on any atom is -0.305 e. The van der Waals surface area contributed by atoms with E-state index in [1.165, 1.54) is 11.3 Å². The van der Waals surface area contributed by atoms with Crippen LogP contribution in [0, 0.1) is 3.57 Å². The van der Waals surface area contributed by atoms with Crippen molar-refractivity contribution in [2.45, 2.75) is 19.8 Å². The molecule has 96 valence electrons. The predicted octanol–water partition coefficient (Wildman–Crippen LogP) is 4.64. The zero-order valence-electron chi connectivity index (χ0n) is 9.55. The lowest BCUT2D eigenvalue weighted by Crippen LogP contribution is -2.16. The standard InChI is InChI=1S/C11H9BrClIN2OS/c1-4(2)8-7(14)11(17)16-10(15-8)6-3-5(12)9(13)18-6/h3-4H,1-2H3,(H,15,16,17). The van der Waals surface area contributed by atoms with Gasteiger partial charge in [-0.25, -0.2) is 4.98 Å². The Morgan fingerprint density at radius 2 is 2.22 bits per heavy atom. The van der Waals surface area contributed by atoms with Crippen LogP contribution >= 0.6 is 61.5 Å². The normalized spacial score (nSPS) is 11.2. The molecule has 0 fully saturated rings. The zero-order chi connectivity index (χ0) is 13.4. The van der Waals surface area contributed by atoms with E-state index in [1.54, 1.807) is 0 Å². The maximum Gasteiger partial charge on any atom is 0.264 e. The molecule has 1 N–H and O–H groups in total. The van der Waals surface area contributed by atoms with Crippen LogP contribution in [0.5, 0.6) is 0 Å². The molecule has 0 radical (unpaired) electrons. The Bertz CT molecular complexity index is 633. The van der Waals surface area contributed by atoms with Crippen LogP contribution in [0.25, 0.3) is 10.7 Å². The summed E-state index contributed by atoms with van der Waals surface area (Å²) in [5.41, 5.74) is 0.708. The van der Waals surface area contributed by atoms with Crippen molar-refractivity contribution in [3.05, 3.63) is 34.5 Å². The second-order valence-electron chi connectivity index (χ2n) is 4.00. The van der Waals surface area contributed by atoms with Gasteiger partial charge in [0, 0.05) is 4.47 Å². The topological polar surface area (TPSA) is 45.8 Å². The number of aromatic nitrogens is 2. The molecular formula is C11H9BrClIN2OS. The van der Waals surface area contributed by atoms with E-state index < -0.39 is 0 Å². The Balaban J connectivity index is 2.62. The van der Waals surface area contributed by atoms with Crippen molar-refractivity contribution in [2.75, 3.05) is 0 Å². The van der Waals surface area contributed by atoms with Gasteiger partial charge in [-0.05, 0) is 50.5 Å². The van der Waals surface area contributed by atoms with E-state index in [0.29, 0.717) is 13.7 Å². The monoisotopic (exact) mass is 458 g/mol. The van der Waals surface area contributed by atoms with Crippen molar-refractivity contribution in [2.24, 2.45) is 0 Å². The lowest BCUT2D eigenvalue weighted by Gasteiger charge is -2.08. The molecule has 2 heterocycles. The largest absolute Gasteiger partial charge is 0.305 e. The van der Waals surface area contributed by atoms with E-state index in [0.717, 1.165) is 15.0 Å². The molecule has 7 heteroatoms. The highest BCUT2D eigenvalue weighted by molar-refractivity contribution is 14.1. The minimum absolute atomic E-state index is 0.107. The lowest BCUT2D eigenvalue weighted by atomic mass is 10.1. The Hall–Kier alpha value is 0.0800. The molecule has 0 aromatic carbocycles. The Morgan fingerprint density at radius 3 is 2.72 bits per heavy atom. The molecule has 0 amide bonds. The zero-order valence-corrected chi connectivity index (χ0v) is 14.9. The van der Waals surface area contributed by atoms with E-state index >= 15 is 0 Å². The third kappa shape index (κ3) is 2.81. The second-order valence-corrected chi connectivity index (χ2v) is 7.59. The van der Waals surface area contributed by atoms with Crippen LogP contribution in [-0.4, -0.2) is 9.97 Å². The third-order valence-electron chi connectivity index (χ3n) is 2.31. The van der Waals surface area contributed by atoms with Gasteiger partial charge in [0.15, 0.2) is 5.82 Å². The summed E-state index contributed by atoms with van der Waals surface area (Å²) in [6.45, 7) is 4.04. The van der Waals surface area contributed by atoms with Gasteiger partial charge in [-0.2, -0.15) is 0 Å². The number of H-pyrrole nitrogens is 1. The van der Waals surface area contributed by atoms with Crippen LogP contribution in [0.4, 0.5) is 0 Å². The smallest absolute Gasteiger partial charge is 0.264 e. The van der Waals surface area contributed by atoms with Gasteiger partial charge in [0.1, 0.15) is 4.34 Å². The van der Waals surface area contributed by atoms with Crippen LogP contribution in [0.2, 0.25) is 4.34 Å². The fourth-order valence-electron chi connectivity index (χ4n) is 1.44. The molecule has 0 aliphatic carbocycles. The number of hydrogen-bond donors (Lipinski definition) is 1. The van der Waals surface area contributed by atoms with E-state index in [-0.39, 0.29) is 11.5 Å². The average Bonchev–Trinajstić information content (AvgIpc) is 2.62. The average molecular weight is 460 g/mol. The Labute approximate surface area is 135 Å². The summed E-state index contributed by atoms with van der Waals surface area (Å²) >= 11 is 12.8. The summed E-state index contributed by atoms with van der Waals surface area (Å²) < 4.78 is 2.11. The molecule has 0 atom stereocenters. The first kappa shape index (κ1) is 14.5. The van der Waals surface area contributed by atoms with Crippen molar-refractivity contribution in [3.63, 3.8) is 0 Å². The first-order chi connectivity index (χ1) is 8.40. The minimum atomic E-state index is -0.107. The molecule has 0 aliphatic heterocycles. The van der Waals surface area contributed by atoms with Gasteiger partial charge in [-0.15, -0.1) is 11.3 Å². The fourth-order valence-corrected chi connectivity index (χ4v) is 3.96. The number of nitrogens with one attached hydrogen (secondary N) is 1. The van der Waals surface area contributed by atoms with Gasteiger partial charge in [-0.3, -0.25) is 4.79 Å². The van der Waals surface area contributed by atoms with Gasteiger partial charge in [0.05, 0.1) is 14.1 Å². The van der Waals surface area contributed by atoms with Gasteiger partial charge >= 0.3 is 0 Å². The van der Waals surface area contributed by atoms with Gasteiger partial charge in [0.2, 0.25) is 0 Å². The number of aromatic amines is 1. The molecule has 0 saturated heterocycles. The van der Waals surface area contributed by atoms with Crippen molar-refractivity contribution in [1.82, 2.24) is 9.97 Å². The highest BCUT2D eigenvalue weighted by Crippen LogP contribution is 2.36. The maximum atomic E-state index is 11.9. The highest BCUT2D eigenvalue weighted by Gasteiger charge is 2.15. The molecule has 2 aromatic heterocycles. The molecule has 0 saturated carbocycles. The van der Waals surface area contributed by atoms with Crippen LogP contribution in [0.15, 0.2) is 15.3 Å². The molecular weight excluding hydrogens is 450 g/mol. The predicted molar refractivity (Wildman–Crippen MR) is 87.7 cm³/mol. The molecule has 2 aromatic rings. The number of nitrogens with zero attached hydrogens (tertiary/aromatic N) is 1. The third-order valence-corrected chi connectivity index (χ3v) is 5.84. The molecule has 0 spiro atoms. The molecule has 0 bridgehead atoms. The SMILES string of the molecule is CC(C)c1nc(-c2cc(Br)c(Cl)s2)[nH]c(=O)c1I. The van der Waals surface area contributed by atoms with Crippen LogP contribution in [0.3, 0.4) is 0 Å². The van der Waals surface area contributed by atoms with Crippen molar-refractivity contribution in [3.8, 4) is 10.7 Å². The van der Waals surface area contributed by atoms with E-state index in [4.69, 9.17) is 11.6 Å². The Morgan fingerprint density at radius 1 is 1.56 bits per heavy atom. The number of thiophene rings is 1. The molecule has 0 unspecified atom stereocenters. The van der Waals surface area contributed by atoms with Crippen molar-refractivity contribution < 1.29 is 0 Å². The summed E-state index contributed by atoms with van der Waals surface area (Å²) in [7, 11) is 0. The Kier molecular flexibility index (Phi) is 4.51. The maximum absolute atomic E-state index is 11.9. The summed E-state index contributed by atoms with van der Waals surface area (Å²) in [5.74, 6) is 0.776. The van der Waals surface area contributed by atoms with Crippen LogP contribution in [-0.2, 0) is 0 Å². The van der Waals surface area contributed by atoms with Gasteiger partial charge < -0.3 is 4.98 Å². The molecule has 18 heavy (non-hydrogen) atoms. The number of rotatable bonds is 2. The van der Waals surface area contributed by atoms with Gasteiger partial charge in [-0.1, -0.05) is 25.4 Å². The van der Waals surface area contributed by atoms with E-state index in [1.807, 2.05) is 42.5 Å². The lowest BCUT2D eigenvalue weighted by molar-refractivity contribution is 0.803. The summed E-state index contributed by atoms with van der Waals surface area (Å²) in [6, 6.07) is 1.86. The molecule has 2 rings (SSSR count). The first-order valence-corrected chi connectivity index (χ1v) is 8.21. The summed E-state index contributed by atoms with van der Waals surface area (Å²) in [6.07, 6.45) is 0. The van der Waals surface area contributed by atoms with Gasteiger partial charge in [0.25, 0.3) is 5.56 Å².